The third kappa shape index (κ3) is 6.20. The van der Waals surface area contributed by atoms with Crippen LogP contribution in [0.1, 0.15) is 48.3 Å². The van der Waals surface area contributed by atoms with Crippen LogP contribution in [0.2, 0.25) is 0 Å². The molecule has 0 bridgehead atoms. The number of piperazine rings is 1. The zero-order valence-electron chi connectivity index (χ0n) is 18.6. The van der Waals surface area contributed by atoms with E-state index < -0.39 is 0 Å². The zero-order chi connectivity index (χ0) is 21.6. The first kappa shape index (κ1) is 22.1. The summed E-state index contributed by atoms with van der Waals surface area (Å²) in [6, 6.07) is 10.0. The molecule has 0 atom stereocenters. The molecular weight excluding hydrogens is 406 g/mol. The summed E-state index contributed by atoms with van der Waals surface area (Å²) >= 11 is 1.66. The van der Waals surface area contributed by atoms with Gasteiger partial charge in [0.05, 0.1) is 0 Å². The van der Waals surface area contributed by atoms with E-state index in [1.807, 2.05) is 24.3 Å². The largest absolute Gasteiger partial charge is 0.354 e. The summed E-state index contributed by atoms with van der Waals surface area (Å²) in [4.78, 5) is 26.7. The van der Waals surface area contributed by atoms with Crippen LogP contribution in [-0.4, -0.2) is 60.0 Å². The lowest BCUT2D eigenvalue weighted by atomic mass is 10.1. The Morgan fingerprint density at radius 1 is 1.10 bits per heavy atom. The molecule has 1 N–H and O–H groups in total. The Kier molecular flexibility index (Phi) is 7.45. The van der Waals surface area contributed by atoms with Crippen molar-refractivity contribution in [3.63, 3.8) is 0 Å². The van der Waals surface area contributed by atoms with E-state index in [0.29, 0.717) is 5.92 Å². The number of aryl methyl sites for hydroxylation is 1. The molecule has 6 nitrogen and oxygen atoms in total. The summed E-state index contributed by atoms with van der Waals surface area (Å²) in [6.07, 6.45) is 3.39. The Balaban J connectivity index is 1.35. The maximum absolute atomic E-state index is 12.2. The molecule has 2 heterocycles. The van der Waals surface area contributed by atoms with Gasteiger partial charge in [-0.25, -0.2) is 9.97 Å². The van der Waals surface area contributed by atoms with Gasteiger partial charge in [-0.1, -0.05) is 37.7 Å². The molecule has 2 aliphatic rings. The van der Waals surface area contributed by atoms with Crippen molar-refractivity contribution < 1.29 is 4.79 Å². The van der Waals surface area contributed by atoms with Crippen molar-refractivity contribution in [1.82, 2.24) is 20.2 Å². The summed E-state index contributed by atoms with van der Waals surface area (Å²) in [5, 5.41) is 3.85. The molecule has 1 amide bonds. The van der Waals surface area contributed by atoms with Gasteiger partial charge in [0.2, 0.25) is 0 Å². The van der Waals surface area contributed by atoms with Gasteiger partial charge in [0.1, 0.15) is 5.82 Å². The average molecular weight is 440 g/mol. The number of thioether (sulfide) groups is 1. The topological polar surface area (TPSA) is 61.4 Å². The number of anilines is 1. The molecule has 1 aromatic heterocycles. The van der Waals surface area contributed by atoms with Gasteiger partial charge in [-0.15, -0.1) is 0 Å². The maximum Gasteiger partial charge on any atom is 0.251 e. The van der Waals surface area contributed by atoms with Gasteiger partial charge in [0.15, 0.2) is 5.16 Å². The van der Waals surface area contributed by atoms with E-state index in [9.17, 15) is 4.79 Å². The molecule has 1 saturated heterocycles. The van der Waals surface area contributed by atoms with Crippen LogP contribution in [-0.2, 0) is 12.2 Å². The van der Waals surface area contributed by atoms with Gasteiger partial charge >= 0.3 is 0 Å². The van der Waals surface area contributed by atoms with E-state index in [4.69, 9.17) is 9.97 Å². The quantitative estimate of drug-likeness (QED) is 0.476. The SMILES string of the molecule is CCc1cc(N2CCN(CC)CC2)nc(SCc2ccc(C(=O)NCC3CC3)cc2)n1. The van der Waals surface area contributed by atoms with E-state index in [0.717, 1.165) is 73.7 Å². The van der Waals surface area contributed by atoms with Crippen LogP contribution < -0.4 is 10.2 Å². The van der Waals surface area contributed by atoms with Gasteiger partial charge in [-0.2, -0.15) is 0 Å². The second kappa shape index (κ2) is 10.5. The summed E-state index contributed by atoms with van der Waals surface area (Å²) in [5.74, 6) is 2.56. The van der Waals surface area contributed by atoms with Gasteiger partial charge in [0, 0.05) is 55.8 Å². The fraction of sp³-hybridized carbons (Fsp3) is 0.542. The third-order valence-corrected chi connectivity index (χ3v) is 7.00. The molecule has 0 radical (unpaired) electrons. The molecule has 166 valence electrons. The lowest BCUT2D eigenvalue weighted by Gasteiger charge is -2.34. The van der Waals surface area contributed by atoms with Crippen molar-refractivity contribution in [1.29, 1.82) is 0 Å². The molecule has 2 aromatic rings. The number of hydrogen-bond donors (Lipinski definition) is 1. The number of benzene rings is 1. The number of hydrogen-bond acceptors (Lipinski definition) is 6. The molecule has 0 unspecified atom stereocenters. The standard InChI is InChI=1S/C24H33N5OS/c1-3-21-15-22(29-13-11-28(4-2)12-14-29)27-24(26-21)31-17-19-7-9-20(10-8-19)23(30)25-16-18-5-6-18/h7-10,15,18H,3-6,11-14,16-17H2,1-2H3,(H,25,30). The number of likely N-dealkylation sites (N-methyl/N-ethyl adjacent to an activating group) is 1. The number of amides is 1. The number of carbonyl (C=O) groups excluding carboxylic acids is 1. The first-order valence-electron chi connectivity index (χ1n) is 11.5. The third-order valence-electron chi connectivity index (χ3n) is 6.08. The van der Waals surface area contributed by atoms with Crippen LogP contribution in [0.4, 0.5) is 5.82 Å². The maximum atomic E-state index is 12.2. The van der Waals surface area contributed by atoms with E-state index in [1.165, 1.54) is 18.4 Å². The number of rotatable bonds is 9. The molecule has 0 spiro atoms. The fourth-order valence-corrected chi connectivity index (χ4v) is 4.55. The van der Waals surface area contributed by atoms with Crippen molar-refractivity contribution in [3.05, 3.63) is 47.2 Å². The molecule has 4 rings (SSSR count). The van der Waals surface area contributed by atoms with Crippen molar-refractivity contribution in [2.75, 3.05) is 44.2 Å². The van der Waals surface area contributed by atoms with Crippen LogP contribution in [0.3, 0.4) is 0 Å². The minimum atomic E-state index is 0.0258. The van der Waals surface area contributed by atoms with Gasteiger partial charge in [-0.3, -0.25) is 4.79 Å². The molecule has 31 heavy (non-hydrogen) atoms. The van der Waals surface area contributed by atoms with E-state index in [2.05, 4.69) is 35.0 Å². The number of aromatic nitrogens is 2. The van der Waals surface area contributed by atoms with Crippen LogP contribution in [0, 0.1) is 5.92 Å². The second-order valence-corrected chi connectivity index (χ2v) is 9.36. The molecule has 1 aliphatic heterocycles. The summed E-state index contributed by atoms with van der Waals surface area (Å²) < 4.78 is 0. The molecule has 1 aliphatic carbocycles. The van der Waals surface area contributed by atoms with Crippen molar-refractivity contribution in [2.24, 2.45) is 5.92 Å². The normalized spacial score (nSPS) is 17.0. The minimum absolute atomic E-state index is 0.0258. The van der Waals surface area contributed by atoms with Crippen molar-refractivity contribution in [2.45, 2.75) is 44.0 Å². The average Bonchev–Trinajstić information content (AvgIpc) is 3.66. The van der Waals surface area contributed by atoms with Crippen LogP contribution >= 0.6 is 11.8 Å². The first-order chi connectivity index (χ1) is 15.1. The highest BCUT2D eigenvalue weighted by atomic mass is 32.2. The van der Waals surface area contributed by atoms with Gasteiger partial charge < -0.3 is 15.1 Å². The highest BCUT2D eigenvalue weighted by Crippen LogP contribution is 2.28. The van der Waals surface area contributed by atoms with Crippen LogP contribution in [0.25, 0.3) is 0 Å². The van der Waals surface area contributed by atoms with Gasteiger partial charge in [0.25, 0.3) is 5.91 Å². The number of carbonyl (C=O) groups is 1. The molecule has 2 fully saturated rings. The van der Waals surface area contributed by atoms with E-state index in [-0.39, 0.29) is 5.91 Å². The minimum Gasteiger partial charge on any atom is -0.354 e. The highest BCUT2D eigenvalue weighted by Gasteiger charge is 2.22. The smallest absolute Gasteiger partial charge is 0.251 e. The number of nitrogens with one attached hydrogen (secondary N) is 1. The highest BCUT2D eigenvalue weighted by molar-refractivity contribution is 7.98. The van der Waals surface area contributed by atoms with Crippen LogP contribution in [0.15, 0.2) is 35.5 Å². The predicted octanol–water partition coefficient (Wildman–Crippen LogP) is 3.61. The van der Waals surface area contributed by atoms with Gasteiger partial charge in [-0.05, 0) is 49.4 Å². The molecule has 7 heteroatoms. The fourth-order valence-electron chi connectivity index (χ4n) is 3.72. The summed E-state index contributed by atoms with van der Waals surface area (Å²) in [5.41, 5.74) is 2.99. The Labute approximate surface area is 189 Å². The van der Waals surface area contributed by atoms with E-state index >= 15 is 0 Å². The summed E-state index contributed by atoms with van der Waals surface area (Å²) in [7, 11) is 0. The Bertz CT molecular complexity index is 876. The molecule has 1 aromatic carbocycles. The summed E-state index contributed by atoms with van der Waals surface area (Å²) in [6.45, 7) is 10.5. The van der Waals surface area contributed by atoms with Crippen molar-refractivity contribution >= 4 is 23.5 Å². The first-order valence-corrected chi connectivity index (χ1v) is 12.5. The molecule has 1 saturated carbocycles. The monoisotopic (exact) mass is 439 g/mol. The van der Waals surface area contributed by atoms with Crippen molar-refractivity contribution in [3.8, 4) is 0 Å². The zero-order valence-corrected chi connectivity index (χ0v) is 19.5. The Morgan fingerprint density at radius 2 is 1.84 bits per heavy atom. The lowest BCUT2D eigenvalue weighted by Crippen LogP contribution is -2.46. The number of nitrogens with zero attached hydrogens (tertiary/aromatic N) is 4. The predicted molar refractivity (Wildman–Crippen MR) is 127 cm³/mol. The lowest BCUT2D eigenvalue weighted by molar-refractivity contribution is 0.0952. The van der Waals surface area contributed by atoms with E-state index in [1.54, 1.807) is 11.8 Å². The molecular formula is C24H33N5OS. The Morgan fingerprint density at radius 3 is 2.48 bits per heavy atom. The second-order valence-electron chi connectivity index (χ2n) is 8.41. The Hall–Kier alpha value is -2.12. The van der Waals surface area contributed by atoms with Crippen LogP contribution in [0.5, 0.6) is 0 Å².